The molecule has 0 bridgehead atoms. The van der Waals surface area contributed by atoms with Crippen LogP contribution < -0.4 is 15.0 Å². The monoisotopic (exact) mass is 221 g/mol. The first-order valence-electron chi connectivity index (χ1n) is 5.74. The molecule has 1 aliphatic heterocycles. The first-order chi connectivity index (χ1) is 7.75. The molecule has 16 heavy (non-hydrogen) atoms. The maximum atomic E-state index is 5.73. The average Bonchev–Trinajstić information content (AvgIpc) is 2.79. The lowest BCUT2D eigenvalue weighted by molar-refractivity contribution is 0.276. The Hall–Kier alpha value is -1.29. The SMILES string of the molecule is CN(C)c1cncc(OCC2CCCN2)c1. The molecule has 1 N–H and O–H groups in total. The van der Waals surface area contributed by atoms with Crippen LogP contribution in [0.5, 0.6) is 5.75 Å². The molecule has 1 aliphatic rings. The molecule has 0 aromatic carbocycles. The highest BCUT2D eigenvalue weighted by atomic mass is 16.5. The third-order valence-electron chi connectivity index (χ3n) is 2.83. The smallest absolute Gasteiger partial charge is 0.139 e. The van der Waals surface area contributed by atoms with Crippen molar-refractivity contribution in [2.24, 2.45) is 0 Å². The lowest BCUT2D eigenvalue weighted by Gasteiger charge is -2.15. The fourth-order valence-corrected chi connectivity index (χ4v) is 1.83. The molecule has 1 unspecified atom stereocenters. The minimum absolute atomic E-state index is 0.503. The minimum atomic E-state index is 0.503. The average molecular weight is 221 g/mol. The molecule has 1 aromatic rings. The minimum Gasteiger partial charge on any atom is -0.490 e. The second-order valence-electron chi connectivity index (χ2n) is 4.38. The molecule has 4 nitrogen and oxygen atoms in total. The van der Waals surface area contributed by atoms with E-state index in [1.54, 1.807) is 6.20 Å². The number of nitrogens with zero attached hydrogens (tertiary/aromatic N) is 2. The summed E-state index contributed by atoms with van der Waals surface area (Å²) in [5, 5.41) is 3.41. The van der Waals surface area contributed by atoms with Crippen LogP contribution in [0.3, 0.4) is 0 Å². The third-order valence-corrected chi connectivity index (χ3v) is 2.83. The van der Waals surface area contributed by atoms with Gasteiger partial charge >= 0.3 is 0 Å². The highest BCUT2D eigenvalue weighted by molar-refractivity contribution is 5.46. The normalized spacial score (nSPS) is 19.8. The van der Waals surface area contributed by atoms with Crippen molar-refractivity contribution in [3.8, 4) is 5.75 Å². The molecule has 0 saturated carbocycles. The van der Waals surface area contributed by atoms with Crippen LogP contribution in [0.4, 0.5) is 5.69 Å². The Labute approximate surface area is 96.6 Å². The molecular weight excluding hydrogens is 202 g/mol. The van der Waals surface area contributed by atoms with E-state index < -0.39 is 0 Å². The molecule has 4 heteroatoms. The molecule has 0 radical (unpaired) electrons. The van der Waals surface area contributed by atoms with Crippen molar-refractivity contribution in [3.63, 3.8) is 0 Å². The van der Waals surface area contributed by atoms with Crippen molar-refractivity contribution in [1.82, 2.24) is 10.3 Å². The predicted molar refractivity (Wildman–Crippen MR) is 65.1 cm³/mol. The van der Waals surface area contributed by atoms with Gasteiger partial charge in [-0.15, -0.1) is 0 Å². The van der Waals surface area contributed by atoms with Gasteiger partial charge in [0.15, 0.2) is 0 Å². The quantitative estimate of drug-likeness (QED) is 0.831. The molecule has 1 fully saturated rings. The van der Waals surface area contributed by atoms with Crippen molar-refractivity contribution < 1.29 is 4.74 Å². The molecule has 1 saturated heterocycles. The lowest BCUT2D eigenvalue weighted by atomic mass is 10.2. The Morgan fingerprint density at radius 2 is 2.38 bits per heavy atom. The number of hydrogen-bond donors (Lipinski definition) is 1. The van der Waals surface area contributed by atoms with Crippen LogP contribution in [0, 0.1) is 0 Å². The Morgan fingerprint density at radius 1 is 1.50 bits per heavy atom. The van der Waals surface area contributed by atoms with Gasteiger partial charge in [-0.05, 0) is 19.4 Å². The highest BCUT2D eigenvalue weighted by Crippen LogP contribution is 2.18. The van der Waals surface area contributed by atoms with Gasteiger partial charge < -0.3 is 15.0 Å². The Bertz CT molecular complexity index is 335. The topological polar surface area (TPSA) is 37.4 Å². The lowest BCUT2D eigenvalue weighted by Crippen LogP contribution is -2.28. The zero-order chi connectivity index (χ0) is 11.4. The van der Waals surface area contributed by atoms with E-state index in [1.165, 1.54) is 12.8 Å². The fraction of sp³-hybridized carbons (Fsp3) is 0.583. The van der Waals surface area contributed by atoms with Crippen molar-refractivity contribution >= 4 is 5.69 Å². The first kappa shape index (κ1) is 11.2. The van der Waals surface area contributed by atoms with Gasteiger partial charge in [0.1, 0.15) is 12.4 Å². The van der Waals surface area contributed by atoms with Crippen molar-refractivity contribution in [2.75, 3.05) is 32.1 Å². The van der Waals surface area contributed by atoms with Gasteiger partial charge in [-0.25, -0.2) is 0 Å². The van der Waals surface area contributed by atoms with Gasteiger partial charge in [-0.1, -0.05) is 0 Å². The zero-order valence-electron chi connectivity index (χ0n) is 9.94. The number of ether oxygens (including phenoxy) is 1. The van der Waals surface area contributed by atoms with E-state index in [0.717, 1.165) is 24.6 Å². The van der Waals surface area contributed by atoms with E-state index in [0.29, 0.717) is 6.04 Å². The van der Waals surface area contributed by atoms with E-state index in [9.17, 15) is 0 Å². The largest absolute Gasteiger partial charge is 0.490 e. The molecule has 1 atom stereocenters. The van der Waals surface area contributed by atoms with E-state index >= 15 is 0 Å². The summed E-state index contributed by atoms with van der Waals surface area (Å²) in [5.74, 6) is 0.847. The molecule has 88 valence electrons. The molecule has 0 aliphatic carbocycles. The number of hydrogen-bond acceptors (Lipinski definition) is 4. The number of nitrogens with one attached hydrogen (secondary N) is 1. The Balaban J connectivity index is 1.90. The molecular formula is C12H19N3O. The van der Waals surface area contributed by atoms with Crippen LogP contribution in [-0.2, 0) is 0 Å². The van der Waals surface area contributed by atoms with Crippen LogP contribution >= 0.6 is 0 Å². The summed E-state index contributed by atoms with van der Waals surface area (Å²) in [7, 11) is 4.00. The Kier molecular flexibility index (Phi) is 3.62. The summed E-state index contributed by atoms with van der Waals surface area (Å²) < 4.78 is 5.73. The third kappa shape index (κ3) is 2.85. The van der Waals surface area contributed by atoms with Gasteiger partial charge in [-0.2, -0.15) is 0 Å². The molecule has 2 rings (SSSR count). The molecule has 0 spiro atoms. The molecule has 1 aromatic heterocycles. The molecule has 0 amide bonds. The second-order valence-corrected chi connectivity index (χ2v) is 4.38. The van der Waals surface area contributed by atoms with Gasteiger partial charge in [-0.3, -0.25) is 4.98 Å². The van der Waals surface area contributed by atoms with Crippen molar-refractivity contribution in [1.29, 1.82) is 0 Å². The summed E-state index contributed by atoms with van der Waals surface area (Å²) in [5.41, 5.74) is 1.07. The van der Waals surface area contributed by atoms with Crippen LogP contribution in [0.25, 0.3) is 0 Å². The molecule has 2 heterocycles. The van der Waals surface area contributed by atoms with Crippen molar-refractivity contribution in [3.05, 3.63) is 18.5 Å². The summed E-state index contributed by atoms with van der Waals surface area (Å²) in [4.78, 5) is 6.19. The van der Waals surface area contributed by atoms with Gasteiger partial charge in [0.25, 0.3) is 0 Å². The predicted octanol–water partition coefficient (Wildman–Crippen LogP) is 1.28. The fourth-order valence-electron chi connectivity index (χ4n) is 1.83. The summed E-state index contributed by atoms with van der Waals surface area (Å²) >= 11 is 0. The number of pyridine rings is 1. The van der Waals surface area contributed by atoms with E-state index in [-0.39, 0.29) is 0 Å². The van der Waals surface area contributed by atoms with E-state index in [4.69, 9.17) is 4.74 Å². The Morgan fingerprint density at radius 3 is 3.06 bits per heavy atom. The second kappa shape index (κ2) is 5.16. The maximum absolute atomic E-state index is 5.73. The zero-order valence-corrected chi connectivity index (χ0v) is 9.94. The number of anilines is 1. The van der Waals surface area contributed by atoms with Crippen LogP contribution in [-0.4, -0.2) is 38.3 Å². The van der Waals surface area contributed by atoms with Gasteiger partial charge in [0.2, 0.25) is 0 Å². The number of aromatic nitrogens is 1. The van der Waals surface area contributed by atoms with E-state index in [1.807, 2.05) is 31.3 Å². The van der Waals surface area contributed by atoms with Crippen LogP contribution in [0.2, 0.25) is 0 Å². The summed E-state index contributed by atoms with van der Waals surface area (Å²) in [6, 6.07) is 2.52. The number of rotatable bonds is 4. The van der Waals surface area contributed by atoms with Gasteiger partial charge in [0, 0.05) is 26.2 Å². The maximum Gasteiger partial charge on any atom is 0.139 e. The van der Waals surface area contributed by atoms with Crippen LogP contribution in [0.15, 0.2) is 18.5 Å². The van der Waals surface area contributed by atoms with Gasteiger partial charge in [0.05, 0.1) is 18.1 Å². The van der Waals surface area contributed by atoms with Crippen molar-refractivity contribution in [2.45, 2.75) is 18.9 Å². The van der Waals surface area contributed by atoms with Crippen LogP contribution in [0.1, 0.15) is 12.8 Å². The summed E-state index contributed by atoms with van der Waals surface area (Å²) in [6.07, 6.45) is 6.06. The highest BCUT2D eigenvalue weighted by Gasteiger charge is 2.14. The summed E-state index contributed by atoms with van der Waals surface area (Å²) in [6.45, 7) is 1.85. The van der Waals surface area contributed by atoms with E-state index in [2.05, 4.69) is 10.3 Å². The first-order valence-corrected chi connectivity index (χ1v) is 5.74. The standard InChI is InChI=1S/C12H19N3O/c1-15(2)11-6-12(8-13-7-11)16-9-10-4-3-5-14-10/h6-8,10,14H,3-5,9H2,1-2H3.